The van der Waals surface area contributed by atoms with Crippen LogP contribution in [0.2, 0.25) is 0 Å². The summed E-state index contributed by atoms with van der Waals surface area (Å²) >= 11 is 1.07. The fourth-order valence-electron chi connectivity index (χ4n) is 2.20. The summed E-state index contributed by atoms with van der Waals surface area (Å²) in [4.78, 5) is 24.8. The molecule has 102 valence electrons. The topological polar surface area (TPSA) is 63.5 Å². The Hall–Kier alpha value is -1.69. The number of rotatable bonds is 3. The van der Waals surface area contributed by atoms with Gasteiger partial charge in [-0.15, -0.1) is 0 Å². The zero-order valence-electron chi connectivity index (χ0n) is 10.7. The Morgan fingerprint density at radius 1 is 1.53 bits per heavy atom. The van der Waals surface area contributed by atoms with Crippen LogP contribution in [0.4, 0.5) is 5.00 Å². The molecular weight excluding hydrogens is 264 g/mol. The van der Waals surface area contributed by atoms with Crippen molar-refractivity contribution in [2.75, 3.05) is 6.54 Å². The van der Waals surface area contributed by atoms with Crippen molar-refractivity contribution in [2.24, 2.45) is 0 Å². The molecule has 0 bridgehead atoms. The highest BCUT2D eigenvalue weighted by Crippen LogP contribution is 2.25. The van der Waals surface area contributed by atoms with E-state index in [-0.39, 0.29) is 17.0 Å². The van der Waals surface area contributed by atoms with E-state index in [1.165, 1.54) is 18.6 Å². The molecule has 1 aromatic heterocycles. The summed E-state index contributed by atoms with van der Waals surface area (Å²) in [6.07, 6.45) is 6.43. The third-order valence-electron chi connectivity index (χ3n) is 3.27. The molecule has 1 aliphatic rings. The number of carbonyl (C=O) groups excluding carboxylic acids is 1. The molecule has 1 aliphatic heterocycles. The smallest absolute Gasteiger partial charge is 0.324 e. The van der Waals surface area contributed by atoms with Crippen LogP contribution in [0.3, 0.4) is 0 Å². The molecule has 0 aromatic carbocycles. The molecule has 1 aromatic rings. The lowest BCUT2D eigenvalue weighted by Crippen LogP contribution is -2.41. The quantitative estimate of drug-likeness (QED) is 0.485. The molecule has 6 heteroatoms. The van der Waals surface area contributed by atoms with Gasteiger partial charge >= 0.3 is 5.00 Å². The molecule has 0 aliphatic carbocycles. The van der Waals surface area contributed by atoms with Gasteiger partial charge in [-0.2, -0.15) is 0 Å². The van der Waals surface area contributed by atoms with E-state index in [4.69, 9.17) is 0 Å². The van der Waals surface area contributed by atoms with Crippen molar-refractivity contribution >= 4 is 28.3 Å². The highest BCUT2D eigenvalue weighted by atomic mass is 32.1. The molecule has 1 atom stereocenters. The van der Waals surface area contributed by atoms with Gasteiger partial charge in [-0.25, -0.2) is 0 Å². The van der Waals surface area contributed by atoms with E-state index in [1.54, 1.807) is 12.1 Å². The lowest BCUT2D eigenvalue weighted by molar-refractivity contribution is -0.380. The molecule has 1 unspecified atom stereocenters. The average molecular weight is 280 g/mol. The summed E-state index contributed by atoms with van der Waals surface area (Å²) in [5.41, 5.74) is 0. The zero-order chi connectivity index (χ0) is 13.8. The van der Waals surface area contributed by atoms with Gasteiger partial charge in [-0.1, -0.05) is 11.3 Å². The average Bonchev–Trinajstić information content (AvgIpc) is 2.85. The number of likely N-dealkylation sites (tertiary alicyclic amines) is 1. The molecule has 1 amide bonds. The molecule has 1 fully saturated rings. The molecule has 2 rings (SSSR count). The Morgan fingerprint density at radius 3 is 2.95 bits per heavy atom. The second kappa shape index (κ2) is 5.97. The summed E-state index contributed by atoms with van der Waals surface area (Å²) in [6.45, 7) is 2.86. The fraction of sp³-hybridized carbons (Fsp3) is 0.462. The van der Waals surface area contributed by atoms with Crippen molar-refractivity contribution in [3.63, 3.8) is 0 Å². The summed E-state index contributed by atoms with van der Waals surface area (Å²) < 4.78 is 0. The Morgan fingerprint density at radius 2 is 2.32 bits per heavy atom. The summed E-state index contributed by atoms with van der Waals surface area (Å²) in [5.74, 6) is -0.0109. The minimum Gasteiger partial charge on any atom is -0.336 e. The summed E-state index contributed by atoms with van der Waals surface area (Å²) in [6, 6.07) is 3.40. The first-order valence-electron chi connectivity index (χ1n) is 6.31. The second-order valence-corrected chi connectivity index (χ2v) is 5.74. The number of carbonyl (C=O) groups is 1. The number of hydrogen-bond acceptors (Lipinski definition) is 4. The maximum atomic E-state index is 12.0. The molecule has 1 saturated heterocycles. The van der Waals surface area contributed by atoms with Crippen molar-refractivity contribution in [3.8, 4) is 0 Å². The van der Waals surface area contributed by atoms with E-state index in [0.29, 0.717) is 0 Å². The highest BCUT2D eigenvalue weighted by molar-refractivity contribution is 7.16. The molecule has 0 radical (unpaired) electrons. The van der Waals surface area contributed by atoms with Crippen LogP contribution in [0.1, 0.15) is 31.1 Å². The van der Waals surface area contributed by atoms with E-state index in [9.17, 15) is 14.9 Å². The van der Waals surface area contributed by atoms with Gasteiger partial charge in [0.25, 0.3) is 0 Å². The fourth-order valence-corrected chi connectivity index (χ4v) is 2.93. The monoisotopic (exact) mass is 280 g/mol. The van der Waals surface area contributed by atoms with Crippen LogP contribution in [0, 0.1) is 10.1 Å². The maximum Gasteiger partial charge on any atom is 0.324 e. The number of nitrogens with zero attached hydrogens (tertiary/aromatic N) is 2. The minimum absolute atomic E-state index is 0.0109. The first-order valence-corrected chi connectivity index (χ1v) is 7.12. The SMILES string of the molecule is CC1CCCCN1C(=O)/C=C/c1ccc([N+](=O)[O-])s1. The van der Waals surface area contributed by atoms with Gasteiger partial charge in [0.05, 0.1) is 4.92 Å². The first-order chi connectivity index (χ1) is 9.08. The summed E-state index contributed by atoms with van der Waals surface area (Å²) in [7, 11) is 0. The number of hydrogen-bond donors (Lipinski definition) is 0. The minimum atomic E-state index is -0.420. The zero-order valence-corrected chi connectivity index (χ0v) is 11.6. The van der Waals surface area contributed by atoms with Gasteiger partial charge in [0, 0.05) is 29.6 Å². The predicted molar refractivity (Wildman–Crippen MR) is 75.0 cm³/mol. The Bertz CT molecular complexity index is 510. The van der Waals surface area contributed by atoms with Crippen molar-refractivity contribution in [1.82, 2.24) is 4.90 Å². The van der Waals surface area contributed by atoms with Crippen molar-refractivity contribution in [1.29, 1.82) is 0 Å². The van der Waals surface area contributed by atoms with E-state index in [0.717, 1.165) is 35.6 Å². The molecule has 2 heterocycles. The molecule has 19 heavy (non-hydrogen) atoms. The normalized spacial score (nSPS) is 19.8. The third kappa shape index (κ3) is 3.41. The molecule has 5 nitrogen and oxygen atoms in total. The van der Waals surface area contributed by atoms with Gasteiger partial charge in [0.15, 0.2) is 0 Å². The molecule has 0 spiro atoms. The van der Waals surface area contributed by atoms with Crippen LogP contribution in [-0.4, -0.2) is 28.3 Å². The van der Waals surface area contributed by atoms with Gasteiger partial charge in [0.1, 0.15) is 0 Å². The number of thiophene rings is 1. The van der Waals surface area contributed by atoms with Crippen molar-refractivity contribution in [3.05, 3.63) is 33.2 Å². The Kier molecular flexibility index (Phi) is 4.31. The highest BCUT2D eigenvalue weighted by Gasteiger charge is 2.21. The lowest BCUT2D eigenvalue weighted by Gasteiger charge is -2.32. The third-order valence-corrected chi connectivity index (χ3v) is 4.27. The van der Waals surface area contributed by atoms with Crippen LogP contribution in [0.5, 0.6) is 0 Å². The van der Waals surface area contributed by atoms with Crippen LogP contribution >= 0.6 is 11.3 Å². The van der Waals surface area contributed by atoms with Gasteiger partial charge in [0.2, 0.25) is 5.91 Å². The number of nitro groups is 1. The van der Waals surface area contributed by atoms with Crippen LogP contribution in [0.25, 0.3) is 6.08 Å². The maximum absolute atomic E-state index is 12.0. The Labute approximate surface area is 115 Å². The lowest BCUT2D eigenvalue weighted by atomic mass is 10.0. The van der Waals surface area contributed by atoms with Gasteiger partial charge < -0.3 is 4.90 Å². The van der Waals surface area contributed by atoms with Crippen LogP contribution in [-0.2, 0) is 4.79 Å². The predicted octanol–water partition coefficient (Wildman–Crippen LogP) is 3.07. The van der Waals surface area contributed by atoms with Gasteiger partial charge in [-0.05, 0) is 38.3 Å². The number of amides is 1. The standard InChI is InChI=1S/C13H16N2O3S/c1-10-4-2-3-9-14(10)12(16)7-5-11-6-8-13(19-11)15(17)18/h5-8,10H,2-4,9H2,1H3/b7-5+. The molecule has 0 N–H and O–H groups in total. The summed E-state index contributed by atoms with van der Waals surface area (Å²) in [5, 5.41) is 10.7. The molecular formula is C13H16N2O3S. The molecule has 0 saturated carbocycles. The van der Waals surface area contributed by atoms with Crippen molar-refractivity contribution < 1.29 is 9.72 Å². The van der Waals surface area contributed by atoms with E-state index < -0.39 is 4.92 Å². The van der Waals surface area contributed by atoms with E-state index >= 15 is 0 Å². The van der Waals surface area contributed by atoms with Crippen molar-refractivity contribution in [2.45, 2.75) is 32.2 Å². The van der Waals surface area contributed by atoms with E-state index in [1.807, 2.05) is 4.90 Å². The van der Waals surface area contributed by atoms with Crippen LogP contribution < -0.4 is 0 Å². The second-order valence-electron chi connectivity index (χ2n) is 4.64. The Balaban J connectivity index is 2.00. The number of piperidine rings is 1. The first kappa shape index (κ1) is 13.7. The van der Waals surface area contributed by atoms with Gasteiger partial charge in [-0.3, -0.25) is 14.9 Å². The van der Waals surface area contributed by atoms with Crippen LogP contribution in [0.15, 0.2) is 18.2 Å². The largest absolute Gasteiger partial charge is 0.336 e. The van der Waals surface area contributed by atoms with E-state index in [2.05, 4.69) is 6.92 Å².